The second-order valence-electron chi connectivity index (χ2n) is 4.55. The number of hydrogen-bond donors (Lipinski definition) is 0. The number of nitriles is 1. The molecule has 6 heteroatoms. The predicted octanol–water partition coefficient (Wildman–Crippen LogP) is 1.51. The Morgan fingerprint density at radius 2 is 2.25 bits per heavy atom. The van der Waals surface area contributed by atoms with E-state index < -0.39 is 11.9 Å². The number of nitrogens with zero attached hydrogens (tertiary/aromatic N) is 3. The third kappa shape index (κ3) is 2.35. The van der Waals surface area contributed by atoms with Crippen molar-refractivity contribution in [2.75, 3.05) is 14.2 Å². The minimum Gasteiger partial charge on any atom is -0.495 e. The van der Waals surface area contributed by atoms with Crippen LogP contribution in [0.5, 0.6) is 5.75 Å². The van der Waals surface area contributed by atoms with E-state index in [1.807, 2.05) is 6.07 Å². The molecule has 1 aliphatic heterocycles. The number of ether oxygens (including phenoxy) is 1. The van der Waals surface area contributed by atoms with Gasteiger partial charge in [-0.15, -0.1) is 0 Å². The van der Waals surface area contributed by atoms with Crippen molar-refractivity contribution in [2.24, 2.45) is 4.99 Å². The summed E-state index contributed by atoms with van der Waals surface area (Å²) in [6.07, 6.45) is 0.147. The van der Waals surface area contributed by atoms with Crippen LogP contribution in [0.3, 0.4) is 0 Å². The Bertz CT molecular complexity index is 634. The molecule has 1 aromatic rings. The van der Waals surface area contributed by atoms with Crippen LogP contribution >= 0.6 is 0 Å². The van der Waals surface area contributed by atoms with Crippen molar-refractivity contribution in [1.29, 1.82) is 5.26 Å². The van der Waals surface area contributed by atoms with E-state index in [4.69, 9.17) is 10.00 Å². The van der Waals surface area contributed by atoms with Crippen molar-refractivity contribution >= 4 is 11.7 Å². The third-order valence-corrected chi connectivity index (χ3v) is 3.35. The highest BCUT2D eigenvalue weighted by Crippen LogP contribution is 2.25. The summed E-state index contributed by atoms with van der Waals surface area (Å²) in [5.74, 6) is 0.215. The molecule has 1 amide bonds. The first-order chi connectivity index (χ1) is 9.47. The molecule has 5 nitrogen and oxygen atoms in total. The topological polar surface area (TPSA) is 65.7 Å². The zero-order valence-electron chi connectivity index (χ0n) is 11.5. The molecule has 1 unspecified atom stereocenters. The minimum atomic E-state index is -0.618. The van der Waals surface area contributed by atoms with Crippen molar-refractivity contribution in [3.05, 3.63) is 29.1 Å². The van der Waals surface area contributed by atoms with Gasteiger partial charge in [0.25, 0.3) is 5.91 Å². The van der Waals surface area contributed by atoms with Crippen LogP contribution < -0.4 is 4.74 Å². The molecule has 20 heavy (non-hydrogen) atoms. The fraction of sp³-hybridized carbons (Fsp3) is 0.357. The smallest absolute Gasteiger partial charge is 0.252 e. The molecule has 1 heterocycles. The van der Waals surface area contributed by atoms with E-state index in [1.54, 1.807) is 14.0 Å². The maximum absolute atomic E-state index is 13.9. The molecule has 0 fully saturated rings. The van der Waals surface area contributed by atoms with E-state index in [9.17, 15) is 9.18 Å². The van der Waals surface area contributed by atoms with Crippen LogP contribution in [0.4, 0.5) is 4.39 Å². The van der Waals surface area contributed by atoms with Crippen molar-refractivity contribution in [3.63, 3.8) is 0 Å². The van der Waals surface area contributed by atoms with Gasteiger partial charge < -0.3 is 9.64 Å². The number of halogens is 1. The molecule has 0 N–H and O–H groups in total. The van der Waals surface area contributed by atoms with E-state index in [1.165, 1.54) is 18.1 Å². The first-order valence-corrected chi connectivity index (χ1v) is 6.06. The Morgan fingerprint density at radius 1 is 1.55 bits per heavy atom. The third-order valence-electron chi connectivity index (χ3n) is 3.35. The van der Waals surface area contributed by atoms with Gasteiger partial charge in [0.15, 0.2) is 0 Å². The van der Waals surface area contributed by atoms with Crippen molar-refractivity contribution in [3.8, 4) is 11.8 Å². The number of hydrogen-bond acceptors (Lipinski definition) is 4. The van der Waals surface area contributed by atoms with E-state index >= 15 is 0 Å². The fourth-order valence-electron chi connectivity index (χ4n) is 2.10. The Morgan fingerprint density at radius 3 is 2.75 bits per heavy atom. The molecule has 0 aromatic heterocycles. The maximum Gasteiger partial charge on any atom is 0.252 e. The number of carbonyl (C=O) groups is 1. The van der Waals surface area contributed by atoms with Gasteiger partial charge >= 0.3 is 0 Å². The lowest BCUT2D eigenvalue weighted by Crippen LogP contribution is -2.31. The second kappa shape index (κ2) is 5.29. The zero-order chi connectivity index (χ0) is 14.9. The van der Waals surface area contributed by atoms with Gasteiger partial charge in [-0.3, -0.25) is 9.79 Å². The summed E-state index contributed by atoms with van der Waals surface area (Å²) in [5, 5.41) is 8.88. The summed E-state index contributed by atoms with van der Waals surface area (Å²) in [5.41, 5.74) is 0.439. The molecule has 0 aliphatic carbocycles. The molecule has 104 valence electrons. The maximum atomic E-state index is 13.9. The van der Waals surface area contributed by atoms with Gasteiger partial charge in [0.1, 0.15) is 29.5 Å². The largest absolute Gasteiger partial charge is 0.495 e. The Balaban J connectivity index is 2.31. The lowest BCUT2D eigenvalue weighted by molar-refractivity contribution is -0.126. The van der Waals surface area contributed by atoms with Crippen molar-refractivity contribution in [2.45, 2.75) is 19.4 Å². The minimum absolute atomic E-state index is 0.128. The summed E-state index contributed by atoms with van der Waals surface area (Å²) < 4.78 is 19.0. The molecule has 1 aromatic carbocycles. The number of methoxy groups -OCH3 is 1. The van der Waals surface area contributed by atoms with Crippen molar-refractivity contribution in [1.82, 2.24) is 4.90 Å². The molecule has 0 spiro atoms. The highest BCUT2D eigenvalue weighted by atomic mass is 19.1. The summed E-state index contributed by atoms with van der Waals surface area (Å²) in [4.78, 5) is 17.6. The first kappa shape index (κ1) is 14.0. The Labute approximate surface area is 116 Å². The molecule has 0 radical (unpaired) electrons. The monoisotopic (exact) mass is 275 g/mol. The van der Waals surface area contributed by atoms with Gasteiger partial charge in [-0.25, -0.2) is 4.39 Å². The normalized spacial score (nSPS) is 17.9. The lowest BCUT2D eigenvalue weighted by atomic mass is 10.0. The number of amidine groups is 1. The van der Waals surface area contributed by atoms with Crippen molar-refractivity contribution < 1.29 is 13.9 Å². The number of aliphatic imine (C=N–C) groups is 1. The van der Waals surface area contributed by atoms with Crippen LogP contribution in [0.1, 0.15) is 18.1 Å². The van der Waals surface area contributed by atoms with Gasteiger partial charge in [-0.05, 0) is 24.6 Å². The number of benzene rings is 1. The summed E-state index contributed by atoms with van der Waals surface area (Å²) in [6.45, 7) is 1.73. The first-order valence-electron chi connectivity index (χ1n) is 6.06. The van der Waals surface area contributed by atoms with Crippen LogP contribution in [-0.4, -0.2) is 36.8 Å². The lowest BCUT2D eigenvalue weighted by Gasteiger charge is -2.12. The summed E-state index contributed by atoms with van der Waals surface area (Å²) in [7, 11) is 3.05. The van der Waals surface area contributed by atoms with Gasteiger partial charge in [0.05, 0.1) is 12.7 Å². The molecule has 2 rings (SSSR count). The molecular weight excluding hydrogens is 261 g/mol. The molecule has 0 saturated heterocycles. The fourth-order valence-corrected chi connectivity index (χ4v) is 2.10. The van der Waals surface area contributed by atoms with Gasteiger partial charge in [0.2, 0.25) is 0 Å². The molecule has 0 bridgehead atoms. The average Bonchev–Trinajstić information content (AvgIpc) is 2.68. The Hall–Kier alpha value is -2.42. The number of rotatable bonds is 3. The number of carbonyl (C=O) groups excluding carboxylic acids is 1. The van der Waals surface area contributed by atoms with Gasteiger partial charge in [0, 0.05) is 13.5 Å². The molecular formula is C14H14FN3O2. The Kier molecular flexibility index (Phi) is 3.70. The van der Waals surface area contributed by atoms with Crippen LogP contribution in [0.2, 0.25) is 0 Å². The molecule has 1 atom stereocenters. The van der Waals surface area contributed by atoms with E-state index in [0.29, 0.717) is 17.1 Å². The number of likely N-dealkylation sites (N-methyl/N-ethyl adjacent to an activating group) is 1. The predicted molar refractivity (Wildman–Crippen MR) is 71.0 cm³/mol. The molecule has 1 aliphatic rings. The van der Waals surface area contributed by atoms with Gasteiger partial charge in [-0.1, -0.05) is 0 Å². The van der Waals surface area contributed by atoms with Crippen LogP contribution in [0.15, 0.2) is 17.1 Å². The second-order valence-corrected chi connectivity index (χ2v) is 4.55. The average molecular weight is 275 g/mol. The highest BCUT2D eigenvalue weighted by Gasteiger charge is 2.30. The SMILES string of the molecule is COc1cc(CC2N=C(C)N(C)C2=O)c(F)cc1C#N. The quantitative estimate of drug-likeness (QED) is 0.839. The van der Waals surface area contributed by atoms with Crippen LogP contribution in [0, 0.1) is 17.1 Å². The zero-order valence-corrected chi connectivity index (χ0v) is 11.5. The highest BCUT2D eigenvalue weighted by molar-refractivity contribution is 6.04. The van der Waals surface area contributed by atoms with E-state index in [-0.39, 0.29) is 17.9 Å². The van der Waals surface area contributed by atoms with E-state index in [2.05, 4.69) is 4.99 Å². The molecule has 0 saturated carbocycles. The number of amides is 1. The van der Waals surface area contributed by atoms with Gasteiger partial charge in [-0.2, -0.15) is 5.26 Å². The van der Waals surface area contributed by atoms with Crippen LogP contribution in [-0.2, 0) is 11.2 Å². The standard InChI is InChI=1S/C14H14FN3O2/c1-8-17-12(14(19)18(8)2)5-9-6-13(20-3)10(7-16)4-11(9)15/h4,6,12H,5H2,1-3H3. The van der Waals surface area contributed by atoms with Crippen LogP contribution in [0.25, 0.3) is 0 Å². The van der Waals surface area contributed by atoms with E-state index in [0.717, 1.165) is 6.07 Å². The summed E-state index contributed by atoms with van der Waals surface area (Å²) >= 11 is 0. The summed E-state index contributed by atoms with van der Waals surface area (Å²) in [6, 6.07) is 3.81.